The van der Waals surface area contributed by atoms with Gasteiger partial charge in [0.15, 0.2) is 11.6 Å². The van der Waals surface area contributed by atoms with Gasteiger partial charge in [-0.3, -0.25) is 9.89 Å². The summed E-state index contributed by atoms with van der Waals surface area (Å²) in [5, 5.41) is 7.20. The van der Waals surface area contributed by atoms with Crippen LogP contribution in [0.4, 0.5) is 10.1 Å². The summed E-state index contributed by atoms with van der Waals surface area (Å²) in [6.07, 6.45) is 0. The number of aromatic nitrogens is 3. The van der Waals surface area contributed by atoms with Gasteiger partial charge in [-0.2, -0.15) is 5.10 Å². The van der Waals surface area contributed by atoms with Gasteiger partial charge >= 0.3 is 0 Å². The highest BCUT2D eigenvalue weighted by Gasteiger charge is 2.53. The molecule has 6 heteroatoms. The van der Waals surface area contributed by atoms with Crippen molar-refractivity contribution in [2.24, 2.45) is 0 Å². The number of rotatable bonds is 3. The minimum absolute atomic E-state index is 0.0314. The van der Waals surface area contributed by atoms with E-state index < -0.39 is 5.41 Å². The zero-order valence-electron chi connectivity index (χ0n) is 15.5. The number of nitrogens with zero attached hydrogens (tertiary/aromatic N) is 3. The van der Waals surface area contributed by atoms with E-state index in [9.17, 15) is 9.18 Å². The van der Waals surface area contributed by atoms with Crippen LogP contribution in [-0.4, -0.2) is 27.5 Å². The van der Waals surface area contributed by atoms with Gasteiger partial charge in [0.25, 0.3) is 0 Å². The number of ketones is 1. The maximum Gasteiger partial charge on any atom is 0.180 e. The summed E-state index contributed by atoms with van der Waals surface area (Å²) < 4.78 is 13.6. The van der Waals surface area contributed by atoms with Crippen molar-refractivity contribution in [3.8, 4) is 0 Å². The fourth-order valence-electron chi connectivity index (χ4n) is 4.08. The number of hydrogen-bond donors (Lipinski definition) is 1. The highest BCUT2D eigenvalue weighted by atomic mass is 19.1. The second kappa shape index (κ2) is 6.30. The molecule has 2 atom stereocenters. The first kappa shape index (κ1) is 17.4. The summed E-state index contributed by atoms with van der Waals surface area (Å²) >= 11 is 0. The highest BCUT2D eigenvalue weighted by molar-refractivity contribution is 6.10. The number of hydrogen-bond acceptors (Lipinski definition) is 4. The molecule has 1 aliphatic rings. The summed E-state index contributed by atoms with van der Waals surface area (Å²) in [4.78, 5) is 20.3. The van der Waals surface area contributed by atoms with E-state index in [4.69, 9.17) is 0 Å². The van der Waals surface area contributed by atoms with Crippen LogP contribution in [0.15, 0.2) is 48.5 Å². The molecular formula is C21H21FN4O. The van der Waals surface area contributed by atoms with Gasteiger partial charge in [-0.05, 0) is 50.6 Å². The van der Waals surface area contributed by atoms with Crippen molar-refractivity contribution in [2.75, 3.05) is 11.4 Å². The number of Topliss-reactive ketones (excluding diaryl/α,β-unsaturated/α-hetero) is 1. The number of anilines is 1. The van der Waals surface area contributed by atoms with Crippen molar-refractivity contribution in [3.63, 3.8) is 0 Å². The van der Waals surface area contributed by atoms with E-state index in [-0.39, 0.29) is 17.6 Å². The normalized spacial score (nSPS) is 22.0. The molecule has 1 N–H and O–H groups in total. The summed E-state index contributed by atoms with van der Waals surface area (Å²) in [7, 11) is 0. The number of nitrogens with one attached hydrogen (secondary N) is 1. The quantitative estimate of drug-likeness (QED) is 0.764. The molecule has 0 saturated carbocycles. The molecule has 138 valence electrons. The number of likely N-dealkylation sites (N-methyl/N-ethyl adjacent to an activating group) is 1. The minimum Gasteiger partial charge on any atom is -0.363 e. The molecule has 0 saturated heterocycles. The number of fused-ring (bicyclic) bond motifs is 1. The van der Waals surface area contributed by atoms with Gasteiger partial charge in [-0.25, -0.2) is 9.37 Å². The second-order valence-electron chi connectivity index (χ2n) is 7.03. The van der Waals surface area contributed by atoms with Crippen LogP contribution in [0.3, 0.4) is 0 Å². The Morgan fingerprint density at radius 1 is 1.19 bits per heavy atom. The molecule has 5 nitrogen and oxygen atoms in total. The molecule has 0 spiro atoms. The van der Waals surface area contributed by atoms with E-state index in [1.165, 1.54) is 12.1 Å². The maximum absolute atomic E-state index is 13.7. The first-order valence-corrected chi connectivity index (χ1v) is 9.02. The zero-order chi connectivity index (χ0) is 19.2. The Kier molecular flexibility index (Phi) is 4.06. The number of H-pyrrole nitrogens is 1. The first-order chi connectivity index (χ1) is 13.0. The van der Waals surface area contributed by atoms with E-state index in [1.807, 2.05) is 45.0 Å². The molecule has 4 rings (SSSR count). The predicted molar refractivity (Wildman–Crippen MR) is 101 cm³/mol. The molecule has 0 bridgehead atoms. The molecule has 1 aromatic heterocycles. The van der Waals surface area contributed by atoms with Crippen LogP contribution in [0.25, 0.3) is 0 Å². The largest absolute Gasteiger partial charge is 0.363 e. The van der Waals surface area contributed by atoms with Crippen molar-refractivity contribution in [1.82, 2.24) is 15.2 Å². The van der Waals surface area contributed by atoms with Gasteiger partial charge in [0.05, 0.1) is 6.04 Å². The Balaban J connectivity index is 2.01. The van der Waals surface area contributed by atoms with Crippen LogP contribution in [0, 0.1) is 12.7 Å². The molecule has 0 aliphatic carbocycles. The third kappa shape index (κ3) is 2.55. The average Bonchev–Trinajstić information content (AvgIpc) is 3.12. The van der Waals surface area contributed by atoms with Crippen LogP contribution in [0.2, 0.25) is 0 Å². The van der Waals surface area contributed by atoms with Gasteiger partial charge in [0.2, 0.25) is 0 Å². The van der Waals surface area contributed by atoms with Gasteiger partial charge in [-0.1, -0.05) is 24.3 Å². The van der Waals surface area contributed by atoms with E-state index in [0.29, 0.717) is 23.8 Å². The lowest BCUT2D eigenvalue weighted by molar-refractivity contribution is 0.0847. The molecule has 2 aromatic carbocycles. The molecule has 2 unspecified atom stereocenters. The molecule has 27 heavy (non-hydrogen) atoms. The van der Waals surface area contributed by atoms with Crippen LogP contribution < -0.4 is 4.90 Å². The van der Waals surface area contributed by atoms with Crippen LogP contribution in [0.1, 0.15) is 47.5 Å². The zero-order valence-corrected chi connectivity index (χ0v) is 15.5. The lowest BCUT2D eigenvalue weighted by Crippen LogP contribution is -2.52. The second-order valence-corrected chi connectivity index (χ2v) is 7.03. The molecule has 0 fully saturated rings. The van der Waals surface area contributed by atoms with Crippen molar-refractivity contribution < 1.29 is 9.18 Å². The summed E-state index contributed by atoms with van der Waals surface area (Å²) in [6.45, 7) is 6.42. The van der Waals surface area contributed by atoms with E-state index in [1.54, 1.807) is 12.1 Å². The molecule has 1 aliphatic heterocycles. The first-order valence-electron chi connectivity index (χ1n) is 9.02. The Bertz CT molecular complexity index is 997. The molecule has 0 radical (unpaired) electrons. The van der Waals surface area contributed by atoms with Crippen molar-refractivity contribution in [2.45, 2.75) is 32.2 Å². The number of carbonyl (C=O) groups is 1. The number of aromatic amines is 1. The minimum atomic E-state index is -1.01. The predicted octanol–water partition coefficient (Wildman–Crippen LogP) is 3.97. The summed E-state index contributed by atoms with van der Waals surface area (Å²) in [5.74, 6) is 0.766. The molecule has 2 heterocycles. The molecule has 0 amide bonds. The maximum atomic E-state index is 13.7. The van der Waals surface area contributed by atoms with Gasteiger partial charge in [0.1, 0.15) is 17.1 Å². The Hall–Kier alpha value is -3.02. The standard InChI is InChI=1S/C21H21FN4O/c1-4-26-17-8-6-5-7-16(17)19(27)21(3,20-23-13(2)24-25-20)18(26)14-9-11-15(22)12-10-14/h5-12,18H,4H2,1-3H3,(H,23,24,25). The smallest absolute Gasteiger partial charge is 0.180 e. The number of benzene rings is 2. The lowest BCUT2D eigenvalue weighted by atomic mass is 9.68. The summed E-state index contributed by atoms with van der Waals surface area (Å²) in [5.41, 5.74) is 1.38. The Labute approximate surface area is 157 Å². The monoisotopic (exact) mass is 364 g/mol. The number of carbonyl (C=O) groups excluding carboxylic acids is 1. The topological polar surface area (TPSA) is 61.9 Å². The van der Waals surface area contributed by atoms with Gasteiger partial charge in [-0.15, -0.1) is 0 Å². The fraction of sp³-hybridized carbons (Fsp3) is 0.286. The van der Waals surface area contributed by atoms with Crippen LogP contribution in [0.5, 0.6) is 0 Å². The Morgan fingerprint density at radius 2 is 1.89 bits per heavy atom. The Morgan fingerprint density at radius 3 is 2.52 bits per heavy atom. The number of aryl methyl sites for hydroxylation is 1. The summed E-state index contributed by atoms with van der Waals surface area (Å²) in [6, 6.07) is 13.6. The third-order valence-corrected chi connectivity index (χ3v) is 5.38. The molecule has 3 aromatic rings. The van der Waals surface area contributed by atoms with E-state index in [2.05, 4.69) is 20.1 Å². The van der Waals surface area contributed by atoms with Crippen molar-refractivity contribution in [1.29, 1.82) is 0 Å². The highest BCUT2D eigenvalue weighted by Crippen LogP contribution is 2.49. The van der Waals surface area contributed by atoms with Crippen LogP contribution >= 0.6 is 0 Å². The SMILES string of the molecule is CCN1c2ccccc2C(=O)C(C)(c2n[nH]c(C)n2)C1c1ccc(F)cc1. The van der Waals surface area contributed by atoms with E-state index in [0.717, 1.165) is 11.3 Å². The third-order valence-electron chi connectivity index (χ3n) is 5.38. The van der Waals surface area contributed by atoms with E-state index >= 15 is 0 Å². The van der Waals surface area contributed by atoms with Crippen LogP contribution in [-0.2, 0) is 5.41 Å². The van der Waals surface area contributed by atoms with Gasteiger partial charge in [0, 0.05) is 17.8 Å². The lowest BCUT2D eigenvalue weighted by Gasteiger charge is -2.47. The fourth-order valence-corrected chi connectivity index (χ4v) is 4.08. The van der Waals surface area contributed by atoms with Crippen molar-refractivity contribution >= 4 is 11.5 Å². The number of para-hydroxylation sites is 1. The average molecular weight is 364 g/mol. The van der Waals surface area contributed by atoms with Crippen molar-refractivity contribution in [3.05, 3.63) is 77.1 Å². The number of halogens is 1. The van der Waals surface area contributed by atoms with Gasteiger partial charge < -0.3 is 4.90 Å². The molecular weight excluding hydrogens is 343 g/mol.